The molecule has 0 unspecified atom stereocenters. The average Bonchev–Trinajstić information content (AvgIpc) is 2.67. The van der Waals surface area contributed by atoms with Gasteiger partial charge in [-0.3, -0.25) is 4.79 Å². The van der Waals surface area contributed by atoms with Gasteiger partial charge in [-0.2, -0.15) is 0 Å². The molecule has 1 saturated heterocycles. The van der Waals surface area contributed by atoms with Gasteiger partial charge in [-0.15, -0.1) is 11.8 Å². The number of carbonyl (C=O) groups is 1. The van der Waals surface area contributed by atoms with Gasteiger partial charge >= 0.3 is 0 Å². The Kier molecular flexibility index (Phi) is 6.62. The molecule has 0 spiro atoms. The number of rotatable bonds is 6. The molecule has 3 rings (SSSR count). The minimum absolute atomic E-state index is 0.0215. The molecule has 0 bridgehead atoms. The molecule has 2 aromatic rings. The summed E-state index contributed by atoms with van der Waals surface area (Å²) in [5, 5.41) is 3.10. The molecular weight excluding hydrogens is 340 g/mol. The van der Waals surface area contributed by atoms with E-state index in [2.05, 4.69) is 41.4 Å². The number of benzene rings is 2. The highest BCUT2D eigenvalue weighted by molar-refractivity contribution is 8.00. The van der Waals surface area contributed by atoms with E-state index in [0.29, 0.717) is 5.75 Å². The summed E-state index contributed by atoms with van der Waals surface area (Å²) in [6.45, 7) is 6.66. The Balaban J connectivity index is 1.51. The second-order valence-electron chi connectivity index (χ2n) is 7.18. The predicted molar refractivity (Wildman–Crippen MR) is 111 cm³/mol. The smallest absolute Gasteiger partial charge is 0.230 e. The van der Waals surface area contributed by atoms with Crippen molar-refractivity contribution in [2.24, 2.45) is 5.92 Å². The maximum Gasteiger partial charge on any atom is 0.230 e. The highest BCUT2D eigenvalue weighted by Crippen LogP contribution is 2.25. The number of piperidine rings is 1. The largest absolute Gasteiger partial charge is 0.371 e. The van der Waals surface area contributed by atoms with E-state index < -0.39 is 0 Å². The molecule has 3 nitrogen and oxygen atoms in total. The Hall–Kier alpha value is -1.94. The van der Waals surface area contributed by atoms with Crippen molar-refractivity contribution in [3.8, 4) is 0 Å². The van der Waals surface area contributed by atoms with Crippen molar-refractivity contribution in [2.45, 2.75) is 37.6 Å². The molecule has 0 saturated carbocycles. The van der Waals surface area contributed by atoms with Crippen LogP contribution in [0.4, 0.5) is 5.69 Å². The average molecular weight is 369 g/mol. The maximum atomic E-state index is 12.2. The number of anilines is 1. The Labute approximate surface area is 161 Å². The van der Waals surface area contributed by atoms with Crippen LogP contribution in [0, 0.1) is 5.92 Å². The van der Waals surface area contributed by atoms with Crippen LogP contribution in [0.1, 0.15) is 38.3 Å². The lowest BCUT2D eigenvalue weighted by Crippen LogP contribution is -2.34. The summed E-state index contributed by atoms with van der Waals surface area (Å²) in [4.78, 5) is 15.8. The SMILES string of the molecule is C[C@@H]1CCCN(c2ccc([C@@H](C)NC(=O)CSc3ccccc3)cc2)C1. The molecule has 0 aromatic heterocycles. The number of thioether (sulfide) groups is 1. The molecule has 26 heavy (non-hydrogen) atoms. The van der Waals surface area contributed by atoms with Gasteiger partial charge in [0.1, 0.15) is 0 Å². The summed E-state index contributed by atoms with van der Waals surface area (Å²) in [6, 6.07) is 18.7. The van der Waals surface area contributed by atoms with Crippen molar-refractivity contribution in [3.05, 3.63) is 60.2 Å². The van der Waals surface area contributed by atoms with Crippen LogP contribution in [0.5, 0.6) is 0 Å². The zero-order chi connectivity index (χ0) is 18.4. The van der Waals surface area contributed by atoms with Crippen LogP contribution in [-0.4, -0.2) is 24.7 Å². The zero-order valence-electron chi connectivity index (χ0n) is 15.7. The highest BCUT2D eigenvalue weighted by Gasteiger charge is 2.17. The summed E-state index contributed by atoms with van der Waals surface area (Å²) >= 11 is 1.57. The third kappa shape index (κ3) is 5.28. The second kappa shape index (κ2) is 9.13. The standard InChI is InChI=1S/C22H28N2OS/c1-17-7-6-14-24(15-17)20-12-10-19(11-13-20)18(2)23-22(25)16-26-21-8-4-3-5-9-21/h3-5,8-13,17-18H,6-7,14-16H2,1-2H3,(H,23,25)/t17-,18-/m1/s1. The van der Waals surface area contributed by atoms with Crippen LogP contribution in [0.2, 0.25) is 0 Å². The van der Waals surface area contributed by atoms with Crippen molar-refractivity contribution in [2.75, 3.05) is 23.7 Å². The number of hydrogen-bond donors (Lipinski definition) is 1. The molecule has 1 amide bonds. The quantitative estimate of drug-likeness (QED) is 0.737. The van der Waals surface area contributed by atoms with Crippen molar-refractivity contribution >= 4 is 23.4 Å². The van der Waals surface area contributed by atoms with Crippen molar-refractivity contribution in [3.63, 3.8) is 0 Å². The summed E-state index contributed by atoms with van der Waals surface area (Å²) in [5.74, 6) is 1.28. The molecule has 138 valence electrons. The van der Waals surface area contributed by atoms with E-state index in [1.54, 1.807) is 11.8 Å². The lowest BCUT2D eigenvalue weighted by Gasteiger charge is -2.33. The van der Waals surface area contributed by atoms with Crippen LogP contribution < -0.4 is 10.2 Å². The van der Waals surface area contributed by atoms with E-state index in [-0.39, 0.29) is 11.9 Å². The molecule has 1 aliphatic rings. The zero-order valence-corrected chi connectivity index (χ0v) is 16.5. The van der Waals surface area contributed by atoms with E-state index in [1.807, 2.05) is 37.3 Å². The van der Waals surface area contributed by atoms with Gasteiger partial charge in [-0.1, -0.05) is 37.3 Å². The number of carbonyl (C=O) groups excluding carboxylic acids is 1. The Morgan fingerprint density at radius 1 is 1.19 bits per heavy atom. The van der Waals surface area contributed by atoms with Gasteiger partial charge in [0.25, 0.3) is 0 Å². The number of nitrogens with zero attached hydrogens (tertiary/aromatic N) is 1. The number of hydrogen-bond acceptors (Lipinski definition) is 3. The molecule has 0 radical (unpaired) electrons. The topological polar surface area (TPSA) is 32.3 Å². The monoisotopic (exact) mass is 368 g/mol. The molecule has 1 fully saturated rings. The summed E-state index contributed by atoms with van der Waals surface area (Å²) < 4.78 is 0. The molecular formula is C22H28N2OS. The van der Waals surface area contributed by atoms with Gasteiger partial charge < -0.3 is 10.2 Å². The van der Waals surface area contributed by atoms with E-state index in [1.165, 1.54) is 18.5 Å². The fourth-order valence-electron chi connectivity index (χ4n) is 3.43. The third-order valence-electron chi connectivity index (χ3n) is 4.91. The fourth-order valence-corrected chi connectivity index (χ4v) is 4.16. The first-order chi connectivity index (χ1) is 12.6. The van der Waals surface area contributed by atoms with Crippen molar-refractivity contribution in [1.29, 1.82) is 0 Å². The molecule has 2 aromatic carbocycles. The van der Waals surface area contributed by atoms with Crippen LogP contribution in [0.15, 0.2) is 59.5 Å². The maximum absolute atomic E-state index is 12.2. The van der Waals surface area contributed by atoms with E-state index in [9.17, 15) is 4.79 Å². The van der Waals surface area contributed by atoms with Crippen LogP contribution in [0.25, 0.3) is 0 Å². The normalized spacial score (nSPS) is 18.4. The van der Waals surface area contributed by atoms with Crippen LogP contribution in [-0.2, 0) is 4.79 Å². The van der Waals surface area contributed by atoms with Gasteiger partial charge in [0, 0.05) is 23.7 Å². The summed E-state index contributed by atoms with van der Waals surface area (Å²) in [5.41, 5.74) is 2.44. The Morgan fingerprint density at radius 3 is 2.62 bits per heavy atom. The van der Waals surface area contributed by atoms with Gasteiger partial charge in [-0.25, -0.2) is 0 Å². The fraction of sp³-hybridized carbons (Fsp3) is 0.409. The third-order valence-corrected chi connectivity index (χ3v) is 5.92. The first kappa shape index (κ1) is 18.8. The highest BCUT2D eigenvalue weighted by atomic mass is 32.2. The lowest BCUT2D eigenvalue weighted by atomic mass is 9.99. The lowest BCUT2D eigenvalue weighted by molar-refractivity contribution is -0.119. The number of amides is 1. The minimum atomic E-state index is 0.0215. The first-order valence-electron chi connectivity index (χ1n) is 9.44. The first-order valence-corrected chi connectivity index (χ1v) is 10.4. The molecule has 1 N–H and O–H groups in total. The summed E-state index contributed by atoms with van der Waals surface area (Å²) in [6.07, 6.45) is 2.60. The molecule has 0 aliphatic carbocycles. The molecule has 1 heterocycles. The predicted octanol–water partition coefficient (Wildman–Crippen LogP) is 4.89. The number of nitrogens with one attached hydrogen (secondary N) is 1. The molecule has 4 heteroatoms. The second-order valence-corrected chi connectivity index (χ2v) is 8.22. The van der Waals surface area contributed by atoms with Gasteiger partial charge in [-0.05, 0) is 55.5 Å². The van der Waals surface area contributed by atoms with E-state index in [4.69, 9.17) is 0 Å². The van der Waals surface area contributed by atoms with E-state index in [0.717, 1.165) is 29.5 Å². The van der Waals surface area contributed by atoms with Crippen LogP contribution >= 0.6 is 11.8 Å². The van der Waals surface area contributed by atoms with Crippen LogP contribution in [0.3, 0.4) is 0 Å². The minimum Gasteiger partial charge on any atom is -0.371 e. The Morgan fingerprint density at radius 2 is 1.92 bits per heavy atom. The van der Waals surface area contributed by atoms with Crippen molar-refractivity contribution in [1.82, 2.24) is 5.32 Å². The van der Waals surface area contributed by atoms with Gasteiger partial charge in [0.2, 0.25) is 5.91 Å². The Bertz CT molecular complexity index is 702. The molecule has 2 atom stereocenters. The van der Waals surface area contributed by atoms with E-state index >= 15 is 0 Å². The van der Waals surface area contributed by atoms with Crippen molar-refractivity contribution < 1.29 is 4.79 Å². The van der Waals surface area contributed by atoms with Gasteiger partial charge in [0.15, 0.2) is 0 Å². The molecule has 1 aliphatic heterocycles. The van der Waals surface area contributed by atoms with Gasteiger partial charge in [0.05, 0.1) is 11.8 Å². The summed E-state index contributed by atoms with van der Waals surface area (Å²) in [7, 11) is 0.